The van der Waals surface area contributed by atoms with Crippen molar-refractivity contribution in [1.82, 2.24) is 20.1 Å². The highest BCUT2D eigenvalue weighted by molar-refractivity contribution is 5.99. The van der Waals surface area contributed by atoms with Crippen molar-refractivity contribution in [2.24, 2.45) is 0 Å². The Labute approximate surface area is 199 Å². The normalized spacial score (nSPS) is 14.9. The van der Waals surface area contributed by atoms with Gasteiger partial charge in [-0.15, -0.1) is 10.2 Å². The highest BCUT2D eigenvalue weighted by Gasteiger charge is 2.39. The predicted molar refractivity (Wildman–Crippen MR) is 113 cm³/mol. The van der Waals surface area contributed by atoms with Crippen molar-refractivity contribution in [3.63, 3.8) is 0 Å². The lowest BCUT2D eigenvalue weighted by Crippen LogP contribution is -2.34. The number of aliphatic hydroxyl groups excluding tert-OH is 1. The number of pyridine rings is 1. The Kier molecular flexibility index (Phi) is 5.96. The molecule has 0 aliphatic carbocycles. The fourth-order valence-corrected chi connectivity index (χ4v) is 4.11. The van der Waals surface area contributed by atoms with Crippen LogP contribution < -0.4 is 0 Å². The highest BCUT2D eigenvalue weighted by Crippen LogP contribution is 2.40. The Morgan fingerprint density at radius 2 is 1.75 bits per heavy atom. The van der Waals surface area contributed by atoms with E-state index in [1.807, 2.05) is 0 Å². The first-order chi connectivity index (χ1) is 17.2. The molecule has 184 valence electrons. The van der Waals surface area contributed by atoms with Gasteiger partial charge < -0.3 is 14.4 Å². The summed E-state index contributed by atoms with van der Waals surface area (Å²) in [5.41, 5.74) is 0.736. The molecule has 1 aliphatic heterocycles. The van der Waals surface area contributed by atoms with Crippen molar-refractivity contribution in [2.45, 2.75) is 25.1 Å². The van der Waals surface area contributed by atoms with E-state index in [4.69, 9.17) is 4.42 Å². The van der Waals surface area contributed by atoms with Crippen molar-refractivity contribution < 1.29 is 36.3 Å². The van der Waals surface area contributed by atoms with Crippen LogP contribution in [0.5, 0.6) is 0 Å². The van der Waals surface area contributed by atoms with Gasteiger partial charge in [0.2, 0.25) is 5.89 Å². The van der Waals surface area contributed by atoms with Gasteiger partial charge in [0.1, 0.15) is 6.10 Å². The van der Waals surface area contributed by atoms with Gasteiger partial charge in [-0.1, -0.05) is 12.1 Å². The molecule has 0 saturated carbocycles. The number of hydrogen-bond donors (Lipinski definition) is 1. The van der Waals surface area contributed by atoms with E-state index in [-0.39, 0.29) is 34.8 Å². The van der Waals surface area contributed by atoms with Crippen LogP contribution in [0.3, 0.4) is 0 Å². The SMILES string of the molecule is O=C1c2cc(-c3nnc(C(F)F)o3)ccc2CN1C(c1cc(F)c(F)c(F)c1)C(O)c1ccccn1. The van der Waals surface area contributed by atoms with Crippen molar-refractivity contribution in [3.8, 4) is 11.5 Å². The first-order valence-electron chi connectivity index (χ1n) is 10.5. The van der Waals surface area contributed by atoms with Gasteiger partial charge in [0.15, 0.2) is 17.5 Å². The maximum absolute atomic E-state index is 14.1. The van der Waals surface area contributed by atoms with Crippen LogP contribution in [0.2, 0.25) is 0 Å². The molecule has 1 N–H and O–H groups in total. The van der Waals surface area contributed by atoms with E-state index < -0.39 is 47.8 Å². The number of aromatic nitrogens is 3. The second-order valence-electron chi connectivity index (χ2n) is 7.99. The number of benzene rings is 2. The predicted octanol–water partition coefficient (Wildman–Crippen LogP) is 4.92. The molecule has 2 atom stereocenters. The summed E-state index contributed by atoms with van der Waals surface area (Å²) in [6.45, 7) is -0.0737. The highest BCUT2D eigenvalue weighted by atomic mass is 19.3. The van der Waals surface area contributed by atoms with Crippen molar-refractivity contribution in [2.75, 3.05) is 0 Å². The second-order valence-corrected chi connectivity index (χ2v) is 7.99. The average Bonchev–Trinajstić information content (AvgIpc) is 3.49. The molecule has 1 aliphatic rings. The zero-order valence-electron chi connectivity index (χ0n) is 18.1. The van der Waals surface area contributed by atoms with Crippen LogP contribution in [0.25, 0.3) is 11.5 Å². The number of rotatable bonds is 6. The first kappa shape index (κ1) is 23.5. The maximum Gasteiger partial charge on any atom is 0.314 e. The van der Waals surface area contributed by atoms with Crippen LogP contribution in [0, 0.1) is 17.5 Å². The average molecular weight is 502 g/mol. The minimum Gasteiger partial charge on any atom is -0.415 e. The molecular weight excluding hydrogens is 487 g/mol. The molecule has 1 amide bonds. The number of carbonyl (C=O) groups excluding carboxylic acids is 1. The van der Waals surface area contributed by atoms with Gasteiger partial charge in [-0.05, 0) is 47.5 Å². The molecule has 36 heavy (non-hydrogen) atoms. The summed E-state index contributed by atoms with van der Waals surface area (Å²) in [5.74, 6) is -6.40. The van der Waals surface area contributed by atoms with Gasteiger partial charge in [0, 0.05) is 23.9 Å². The molecule has 0 saturated heterocycles. The number of nitrogens with zero attached hydrogens (tertiary/aromatic N) is 4. The molecule has 3 heterocycles. The van der Waals surface area contributed by atoms with Gasteiger partial charge in [0.25, 0.3) is 11.8 Å². The zero-order valence-corrected chi connectivity index (χ0v) is 18.1. The Hall–Kier alpha value is -4.19. The van der Waals surface area contributed by atoms with Crippen LogP contribution >= 0.6 is 0 Å². The lowest BCUT2D eigenvalue weighted by molar-refractivity contribution is 0.0343. The van der Waals surface area contributed by atoms with Crippen LogP contribution in [0.15, 0.2) is 59.1 Å². The van der Waals surface area contributed by atoms with Crippen LogP contribution in [-0.4, -0.2) is 31.1 Å². The number of alkyl halides is 2. The summed E-state index contributed by atoms with van der Waals surface area (Å²) in [4.78, 5) is 18.7. The zero-order chi connectivity index (χ0) is 25.6. The molecule has 2 unspecified atom stereocenters. The number of amides is 1. The Morgan fingerprint density at radius 1 is 1.00 bits per heavy atom. The fraction of sp³-hybridized carbons (Fsp3) is 0.167. The minimum absolute atomic E-state index is 0.0737. The molecule has 4 aromatic rings. The van der Waals surface area contributed by atoms with Gasteiger partial charge in [-0.25, -0.2) is 13.2 Å². The third kappa shape index (κ3) is 4.09. The van der Waals surface area contributed by atoms with Crippen molar-refractivity contribution >= 4 is 5.91 Å². The Morgan fingerprint density at radius 3 is 2.39 bits per heavy atom. The monoisotopic (exact) mass is 502 g/mol. The molecule has 0 spiro atoms. The molecule has 5 rings (SSSR count). The number of halogens is 5. The number of aliphatic hydroxyl groups is 1. The molecule has 0 bridgehead atoms. The molecule has 12 heteroatoms. The standard InChI is InChI=1S/C24H15F5N4O3/c25-15-8-13(9-16(26)18(15)27)19(20(34)17-3-1-2-6-30-17)33-10-12-5-4-11(7-14(12)24(33)35)22-31-32-23(36-22)21(28)29/h1-9,19-21,34H,10H2. The van der Waals surface area contributed by atoms with E-state index in [0.717, 1.165) is 4.90 Å². The number of fused-ring (bicyclic) bond motifs is 1. The van der Waals surface area contributed by atoms with E-state index in [0.29, 0.717) is 17.7 Å². The molecule has 0 fully saturated rings. The van der Waals surface area contributed by atoms with Gasteiger partial charge in [-0.3, -0.25) is 9.78 Å². The number of hydrogen-bond acceptors (Lipinski definition) is 6. The fourth-order valence-electron chi connectivity index (χ4n) is 4.11. The topological polar surface area (TPSA) is 92.4 Å². The molecule has 0 radical (unpaired) electrons. The van der Waals surface area contributed by atoms with Crippen molar-refractivity contribution in [1.29, 1.82) is 0 Å². The summed E-state index contributed by atoms with van der Waals surface area (Å²) in [7, 11) is 0. The largest absolute Gasteiger partial charge is 0.415 e. The van der Waals surface area contributed by atoms with Gasteiger partial charge >= 0.3 is 6.43 Å². The van der Waals surface area contributed by atoms with E-state index >= 15 is 0 Å². The lowest BCUT2D eigenvalue weighted by Gasteiger charge is -2.32. The van der Waals surface area contributed by atoms with Crippen LogP contribution in [-0.2, 0) is 6.54 Å². The quantitative estimate of drug-likeness (QED) is 0.297. The Balaban J connectivity index is 1.55. The number of carbonyl (C=O) groups is 1. The van der Waals surface area contributed by atoms with Gasteiger partial charge in [-0.2, -0.15) is 8.78 Å². The first-order valence-corrected chi connectivity index (χ1v) is 10.5. The van der Waals surface area contributed by atoms with Crippen LogP contribution in [0.1, 0.15) is 51.6 Å². The third-order valence-corrected chi connectivity index (χ3v) is 5.79. The van der Waals surface area contributed by atoms with E-state index in [2.05, 4.69) is 15.2 Å². The summed E-state index contributed by atoms with van der Waals surface area (Å²) in [6, 6.07) is 9.10. The van der Waals surface area contributed by atoms with Crippen LogP contribution in [0.4, 0.5) is 22.0 Å². The van der Waals surface area contributed by atoms with E-state index in [9.17, 15) is 31.9 Å². The minimum atomic E-state index is -2.97. The second kappa shape index (κ2) is 9.11. The lowest BCUT2D eigenvalue weighted by atomic mass is 9.96. The Bertz CT molecular complexity index is 1420. The molecular formula is C24H15F5N4O3. The molecule has 7 nitrogen and oxygen atoms in total. The van der Waals surface area contributed by atoms with Crippen molar-refractivity contribution in [3.05, 3.63) is 100 Å². The van der Waals surface area contributed by atoms with Gasteiger partial charge in [0.05, 0.1) is 11.7 Å². The van der Waals surface area contributed by atoms with E-state index in [1.54, 1.807) is 12.1 Å². The summed E-state index contributed by atoms with van der Waals surface area (Å²) >= 11 is 0. The van der Waals surface area contributed by atoms with E-state index in [1.165, 1.54) is 30.5 Å². The maximum atomic E-state index is 14.1. The summed E-state index contributed by atoms with van der Waals surface area (Å²) < 4.78 is 72.5. The smallest absolute Gasteiger partial charge is 0.314 e. The molecule has 2 aromatic heterocycles. The third-order valence-electron chi connectivity index (χ3n) is 5.79. The summed E-state index contributed by atoms with van der Waals surface area (Å²) in [5, 5.41) is 18.0. The molecule has 2 aromatic carbocycles. The summed E-state index contributed by atoms with van der Waals surface area (Å²) in [6.07, 6.45) is -3.10.